The Labute approximate surface area is 125 Å². The van der Waals surface area contributed by atoms with Crippen LogP contribution in [0.5, 0.6) is 5.75 Å². The van der Waals surface area contributed by atoms with Crippen LogP contribution in [0, 0.1) is 0 Å². The molecule has 20 heavy (non-hydrogen) atoms. The molecule has 1 aromatic carbocycles. The predicted molar refractivity (Wildman–Crippen MR) is 79.6 cm³/mol. The molecule has 0 bridgehead atoms. The van der Waals surface area contributed by atoms with E-state index in [4.69, 9.17) is 27.9 Å². The van der Waals surface area contributed by atoms with Gasteiger partial charge in [-0.15, -0.1) is 0 Å². The largest absolute Gasteiger partial charge is 0.497 e. The number of aromatic nitrogens is 3. The third kappa shape index (κ3) is 2.44. The number of hydrogen-bond acceptors (Lipinski definition) is 3. The van der Waals surface area contributed by atoms with Gasteiger partial charge in [-0.05, 0) is 23.8 Å². The summed E-state index contributed by atoms with van der Waals surface area (Å²) in [7, 11) is 1.64. The Bertz CT molecular complexity index is 753. The van der Waals surface area contributed by atoms with Crippen molar-refractivity contribution in [3.8, 4) is 5.75 Å². The van der Waals surface area contributed by atoms with Gasteiger partial charge in [0, 0.05) is 0 Å². The molecule has 2 heterocycles. The molecule has 0 saturated heterocycles. The molecule has 0 aliphatic rings. The zero-order chi connectivity index (χ0) is 14.1. The zero-order valence-electron chi connectivity index (χ0n) is 10.7. The summed E-state index contributed by atoms with van der Waals surface area (Å²) in [4.78, 5) is 4.28. The summed E-state index contributed by atoms with van der Waals surface area (Å²) in [6.07, 6.45) is 1.70. The van der Waals surface area contributed by atoms with Gasteiger partial charge in [0.2, 0.25) is 0 Å². The molecule has 0 fully saturated rings. The summed E-state index contributed by atoms with van der Waals surface area (Å²) in [5.74, 6) is 0.822. The van der Waals surface area contributed by atoms with Gasteiger partial charge >= 0.3 is 0 Å². The summed E-state index contributed by atoms with van der Waals surface area (Å²) >= 11 is 12.1. The Morgan fingerprint density at radius 2 is 1.95 bits per heavy atom. The minimum atomic E-state index is 0.360. The normalized spacial score (nSPS) is 10.9. The molecule has 3 rings (SSSR count). The first kappa shape index (κ1) is 13.2. The first-order chi connectivity index (χ1) is 9.67. The van der Waals surface area contributed by atoms with Crippen LogP contribution in [-0.4, -0.2) is 21.9 Å². The Hall–Kier alpha value is -1.78. The van der Waals surface area contributed by atoms with E-state index in [1.165, 1.54) is 0 Å². The van der Waals surface area contributed by atoms with Gasteiger partial charge in [0.1, 0.15) is 10.9 Å². The molecule has 0 atom stereocenters. The van der Waals surface area contributed by atoms with Crippen molar-refractivity contribution < 1.29 is 4.74 Å². The molecule has 0 amide bonds. The molecule has 6 heteroatoms. The maximum absolute atomic E-state index is 6.12. The van der Waals surface area contributed by atoms with Gasteiger partial charge in [-0.1, -0.05) is 35.3 Å². The van der Waals surface area contributed by atoms with Gasteiger partial charge in [0.15, 0.2) is 5.65 Å². The number of pyridine rings is 1. The molecule has 0 unspecified atom stereocenters. The van der Waals surface area contributed by atoms with Crippen LogP contribution >= 0.6 is 23.2 Å². The van der Waals surface area contributed by atoms with Crippen molar-refractivity contribution >= 4 is 34.2 Å². The molecular weight excluding hydrogens is 297 g/mol. The van der Waals surface area contributed by atoms with E-state index in [9.17, 15) is 0 Å². The van der Waals surface area contributed by atoms with Crippen LogP contribution in [0.25, 0.3) is 11.0 Å². The minimum Gasteiger partial charge on any atom is -0.497 e. The highest BCUT2D eigenvalue weighted by Crippen LogP contribution is 2.25. The van der Waals surface area contributed by atoms with Crippen molar-refractivity contribution in [3.05, 3.63) is 52.3 Å². The van der Waals surface area contributed by atoms with Gasteiger partial charge in [-0.3, -0.25) is 0 Å². The highest BCUT2D eigenvalue weighted by atomic mass is 35.5. The quantitative estimate of drug-likeness (QED) is 0.691. The third-order valence-electron chi connectivity index (χ3n) is 3.02. The standard InChI is InChI=1S/C14H11Cl2N3O/c1-20-10-4-2-9(3-5-10)8-19-14-11(7-17-19)12(15)6-13(16)18-14/h2-7H,8H2,1H3. The summed E-state index contributed by atoms with van der Waals surface area (Å²) in [5.41, 5.74) is 1.77. The minimum absolute atomic E-state index is 0.360. The van der Waals surface area contributed by atoms with Crippen LogP contribution in [-0.2, 0) is 6.54 Å². The Kier molecular flexibility index (Phi) is 3.51. The van der Waals surface area contributed by atoms with E-state index in [2.05, 4.69) is 10.1 Å². The molecule has 2 aromatic heterocycles. The SMILES string of the molecule is COc1ccc(Cn2ncc3c(Cl)cc(Cl)nc32)cc1. The van der Waals surface area contributed by atoms with E-state index >= 15 is 0 Å². The zero-order valence-corrected chi connectivity index (χ0v) is 12.2. The van der Waals surface area contributed by atoms with Gasteiger partial charge in [-0.25, -0.2) is 9.67 Å². The molecule has 0 saturated carbocycles. The van der Waals surface area contributed by atoms with Crippen molar-refractivity contribution in [1.82, 2.24) is 14.8 Å². The molecule has 4 nitrogen and oxygen atoms in total. The number of benzene rings is 1. The van der Waals surface area contributed by atoms with Crippen LogP contribution in [0.1, 0.15) is 5.56 Å². The van der Waals surface area contributed by atoms with E-state index in [0.29, 0.717) is 22.4 Å². The van der Waals surface area contributed by atoms with Gasteiger partial charge < -0.3 is 4.74 Å². The number of ether oxygens (including phenoxy) is 1. The molecule has 3 aromatic rings. The summed E-state index contributed by atoms with van der Waals surface area (Å²) in [5, 5.41) is 6.03. The Morgan fingerprint density at radius 3 is 2.65 bits per heavy atom. The van der Waals surface area contributed by atoms with Crippen molar-refractivity contribution in [2.45, 2.75) is 6.54 Å². The number of hydrogen-bond donors (Lipinski definition) is 0. The fourth-order valence-electron chi connectivity index (χ4n) is 2.00. The van der Waals surface area contributed by atoms with Gasteiger partial charge in [0.05, 0.1) is 30.3 Å². The predicted octanol–water partition coefficient (Wildman–Crippen LogP) is 3.80. The molecule has 0 N–H and O–H groups in total. The first-order valence-electron chi connectivity index (χ1n) is 5.98. The summed E-state index contributed by atoms with van der Waals surface area (Å²) < 4.78 is 6.91. The topological polar surface area (TPSA) is 39.9 Å². The lowest BCUT2D eigenvalue weighted by atomic mass is 10.2. The summed E-state index contributed by atoms with van der Waals surface area (Å²) in [6, 6.07) is 9.41. The fourth-order valence-corrected chi connectivity index (χ4v) is 2.48. The first-order valence-corrected chi connectivity index (χ1v) is 6.73. The number of nitrogens with zero attached hydrogens (tertiary/aromatic N) is 3. The fraction of sp³-hybridized carbons (Fsp3) is 0.143. The van der Waals surface area contributed by atoms with Crippen LogP contribution < -0.4 is 4.74 Å². The maximum atomic E-state index is 6.12. The second-order valence-corrected chi connectivity index (χ2v) is 5.11. The van der Waals surface area contributed by atoms with Crippen molar-refractivity contribution in [1.29, 1.82) is 0 Å². The lowest BCUT2D eigenvalue weighted by Gasteiger charge is -2.05. The van der Waals surface area contributed by atoms with Crippen LogP contribution in [0.15, 0.2) is 36.5 Å². The van der Waals surface area contributed by atoms with Gasteiger partial charge in [0.25, 0.3) is 0 Å². The molecule has 0 spiro atoms. The molecule has 0 aliphatic carbocycles. The average Bonchev–Trinajstić information content (AvgIpc) is 2.83. The van der Waals surface area contributed by atoms with E-state index in [1.54, 1.807) is 24.1 Å². The molecule has 0 radical (unpaired) electrons. The number of rotatable bonds is 3. The second-order valence-electron chi connectivity index (χ2n) is 4.31. The van der Waals surface area contributed by atoms with Crippen LogP contribution in [0.2, 0.25) is 10.2 Å². The van der Waals surface area contributed by atoms with Crippen molar-refractivity contribution in [2.24, 2.45) is 0 Å². The second kappa shape index (κ2) is 5.31. The van der Waals surface area contributed by atoms with E-state index in [-0.39, 0.29) is 0 Å². The summed E-state index contributed by atoms with van der Waals surface area (Å²) in [6.45, 7) is 0.594. The highest BCUT2D eigenvalue weighted by molar-refractivity contribution is 6.37. The Balaban J connectivity index is 1.97. The Morgan fingerprint density at radius 1 is 1.20 bits per heavy atom. The lowest BCUT2D eigenvalue weighted by Crippen LogP contribution is -2.02. The molecule has 102 valence electrons. The van der Waals surface area contributed by atoms with E-state index < -0.39 is 0 Å². The van der Waals surface area contributed by atoms with Gasteiger partial charge in [-0.2, -0.15) is 5.10 Å². The van der Waals surface area contributed by atoms with Crippen molar-refractivity contribution in [2.75, 3.05) is 7.11 Å². The van der Waals surface area contributed by atoms with Crippen molar-refractivity contribution in [3.63, 3.8) is 0 Å². The average molecular weight is 308 g/mol. The third-order valence-corrected chi connectivity index (χ3v) is 3.53. The maximum Gasteiger partial charge on any atom is 0.161 e. The van der Waals surface area contributed by atoms with E-state index in [1.807, 2.05) is 24.3 Å². The monoisotopic (exact) mass is 307 g/mol. The molecule has 0 aliphatic heterocycles. The number of fused-ring (bicyclic) bond motifs is 1. The smallest absolute Gasteiger partial charge is 0.161 e. The lowest BCUT2D eigenvalue weighted by molar-refractivity contribution is 0.414. The molecular formula is C14H11Cl2N3O. The van der Waals surface area contributed by atoms with Crippen LogP contribution in [0.4, 0.5) is 0 Å². The van der Waals surface area contributed by atoms with E-state index in [0.717, 1.165) is 16.7 Å². The number of methoxy groups -OCH3 is 1. The number of halogens is 2. The highest BCUT2D eigenvalue weighted by Gasteiger charge is 2.09. The van der Waals surface area contributed by atoms with Crippen LogP contribution in [0.3, 0.4) is 0 Å².